The van der Waals surface area contributed by atoms with Crippen LogP contribution in [0.4, 0.5) is 0 Å². The third-order valence-corrected chi connectivity index (χ3v) is 3.82. The van der Waals surface area contributed by atoms with E-state index in [1.54, 1.807) is 0 Å². The van der Waals surface area contributed by atoms with E-state index in [0.717, 1.165) is 11.8 Å². The number of hydrogen-bond donors (Lipinski definition) is 1. The number of benzene rings is 1. The van der Waals surface area contributed by atoms with E-state index < -0.39 is 0 Å². The standard InChI is InChI=1S/C11H15NS/c1-12-7-6-10-8-9-4-2-3-5-11(9)13-10/h2-5,10,12H,6-8H2,1H3. The fraction of sp³-hybridized carbons (Fsp3) is 0.455. The molecule has 70 valence electrons. The minimum absolute atomic E-state index is 0.796. The first-order valence-electron chi connectivity index (χ1n) is 4.79. The molecule has 2 rings (SSSR count). The third kappa shape index (κ3) is 2.06. The van der Waals surface area contributed by atoms with Crippen LogP contribution in [0.1, 0.15) is 12.0 Å². The molecule has 0 fully saturated rings. The lowest BCUT2D eigenvalue weighted by Crippen LogP contribution is -2.14. The van der Waals surface area contributed by atoms with E-state index in [0.29, 0.717) is 0 Å². The molecule has 1 aromatic carbocycles. The molecule has 1 heterocycles. The first-order valence-corrected chi connectivity index (χ1v) is 5.67. The van der Waals surface area contributed by atoms with E-state index >= 15 is 0 Å². The monoisotopic (exact) mass is 193 g/mol. The molecule has 1 nitrogen and oxygen atoms in total. The summed E-state index contributed by atoms with van der Waals surface area (Å²) in [4.78, 5) is 1.49. The molecule has 1 unspecified atom stereocenters. The van der Waals surface area contributed by atoms with Gasteiger partial charge in [-0.15, -0.1) is 11.8 Å². The fourth-order valence-corrected chi connectivity index (χ4v) is 3.04. The van der Waals surface area contributed by atoms with Crippen molar-refractivity contribution in [2.75, 3.05) is 13.6 Å². The smallest absolute Gasteiger partial charge is 0.0147 e. The minimum atomic E-state index is 0.796. The Morgan fingerprint density at radius 2 is 2.31 bits per heavy atom. The average Bonchev–Trinajstić information content (AvgIpc) is 2.57. The van der Waals surface area contributed by atoms with E-state index in [1.165, 1.54) is 23.3 Å². The molecular weight excluding hydrogens is 178 g/mol. The average molecular weight is 193 g/mol. The Labute approximate surface area is 83.9 Å². The van der Waals surface area contributed by atoms with Crippen LogP contribution >= 0.6 is 11.8 Å². The summed E-state index contributed by atoms with van der Waals surface area (Å²) >= 11 is 2.04. The van der Waals surface area contributed by atoms with E-state index in [2.05, 4.69) is 29.6 Å². The van der Waals surface area contributed by atoms with Gasteiger partial charge >= 0.3 is 0 Å². The summed E-state index contributed by atoms with van der Waals surface area (Å²) in [5, 5.41) is 4.00. The van der Waals surface area contributed by atoms with Gasteiger partial charge in [-0.25, -0.2) is 0 Å². The molecule has 1 aromatic rings. The van der Waals surface area contributed by atoms with Gasteiger partial charge < -0.3 is 5.32 Å². The number of nitrogens with one attached hydrogen (secondary N) is 1. The first-order chi connectivity index (χ1) is 6.40. The zero-order chi connectivity index (χ0) is 9.10. The lowest BCUT2D eigenvalue weighted by atomic mass is 10.1. The largest absolute Gasteiger partial charge is 0.320 e. The van der Waals surface area contributed by atoms with Crippen molar-refractivity contribution in [3.05, 3.63) is 29.8 Å². The van der Waals surface area contributed by atoms with E-state index in [1.807, 2.05) is 18.8 Å². The molecule has 1 atom stereocenters. The summed E-state index contributed by atoms with van der Waals surface area (Å²) in [7, 11) is 2.02. The van der Waals surface area contributed by atoms with Gasteiger partial charge in [-0.1, -0.05) is 18.2 Å². The summed E-state index contributed by atoms with van der Waals surface area (Å²) < 4.78 is 0. The van der Waals surface area contributed by atoms with Crippen molar-refractivity contribution < 1.29 is 0 Å². The second kappa shape index (κ2) is 4.16. The molecular formula is C11H15NS. The molecule has 0 spiro atoms. The highest BCUT2D eigenvalue weighted by atomic mass is 32.2. The molecule has 0 aromatic heterocycles. The highest BCUT2D eigenvalue weighted by Gasteiger charge is 2.20. The van der Waals surface area contributed by atoms with Crippen molar-refractivity contribution >= 4 is 11.8 Å². The molecule has 0 amide bonds. The van der Waals surface area contributed by atoms with Gasteiger partial charge in [0.1, 0.15) is 0 Å². The van der Waals surface area contributed by atoms with Gasteiger partial charge in [-0.3, -0.25) is 0 Å². The maximum atomic E-state index is 3.21. The number of hydrogen-bond acceptors (Lipinski definition) is 2. The molecule has 1 aliphatic heterocycles. The highest BCUT2D eigenvalue weighted by molar-refractivity contribution is 8.00. The lowest BCUT2D eigenvalue weighted by Gasteiger charge is -2.06. The van der Waals surface area contributed by atoms with Crippen LogP contribution in [0.15, 0.2) is 29.2 Å². The Morgan fingerprint density at radius 1 is 1.46 bits per heavy atom. The van der Waals surface area contributed by atoms with Crippen LogP contribution in [0, 0.1) is 0 Å². The van der Waals surface area contributed by atoms with Crippen LogP contribution in [0.3, 0.4) is 0 Å². The highest BCUT2D eigenvalue weighted by Crippen LogP contribution is 2.37. The SMILES string of the molecule is CNCCC1Cc2ccccc2S1. The normalized spacial score (nSPS) is 20.2. The molecule has 0 radical (unpaired) electrons. The second-order valence-corrected chi connectivity index (χ2v) is 4.79. The van der Waals surface area contributed by atoms with Crippen molar-refractivity contribution in [1.82, 2.24) is 5.32 Å². The number of rotatable bonds is 3. The van der Waals surface area contributed by atoms with Crippen LogP contribution < -0.4 is 5.32 Å². The Bertz CT molecular complexity index is 260. The molecule has 0 saturated carbocycles. The van der Waals surface area contributed by atoms with Gasteiger partial charge in [0.25, 0.3) is 0 Å². The quantitative estimate of drug-likeness (QED) is 0.790. The Kier molecular flexibility index (Phi) is 2.91. The topological polar surface area (TPSA) is 12.0 Å². The van der Waals surface area contributed by atoms with Crippen molar-refractivity contribution in [1.29, 1.82) is 0 Å². The maximum absolute atomic E-state index is 3.21. The summed E-state index contributed by atoms with van der Waals surface area (Å²) in [6, 6.07) is 8.76. The van der Waals surface area contributed by atoms with Crippen molar-refractivity contribution in [2.24, 2.45) is 0 Å². The summed E-state index contributed by atoms with van der Waals surface area (Å²) in [6.07, 6.45) is 2.53. The van der Waals surface area contributed by atoms with E-state index in [4.69, 9.17) is 0 Å². The molecule has 0 saturated heterocycles. The van der Waals surface area contributed by atoms with E-state index in [-0.39, 0.29) is 0 Å². The maximum Gasteiger partial charge on any atom is 0.0147 e. The Balaban J connectivity index is 1.97. The molecule has 1 aliphatic rings. The van der Waals surface area contributed by atoms with Crippen molar-refractivity contribution in [3.63, 3.8) is 0 Å². The summed E-state index contributed by atoms with van der Waals surface area (Å²) in [5.74, 6) is 0. The third-order valence-electron chi connectivity index (χ3n) is 2.43. The first kappa shape index (κ1) is 9.10. The van der Waals surface area contributed by atoms with Crippen molar-refractivity contribution in [2.45, 2.75) is 23.0 Å². The van der Waals surface area contributed by atoms with Gasteiger partial charge in [0.15, 0.2) is 0 Å². The molecule has 13 heavy (non-hydrogen) atoms. The van der Waals surface area contributed by atoms with Gasteiger partial charge in [-0.05, 0) is 38.1 Å². The zero-order valence-electron chi connectivity index (χ0n) is 7.92. The Morgan fingerprint density at radius 3 is 3.08 bits per heavy atom. The fourth-order valence-electron chi connectivity index (χ4n) is 1.72. The van der Waals surface area contributed by atoms with Crippen LogP contribution in [-0.4, -0.2) is 18.8 Å². The van der Waals surface area contributed by atoms with Gasteiger partial charge in [0.05, 0.1) is 0 Å². The summed E-state index contributed by atoms with van der Waals surface area (Å²) in [5.41, 5.74) is 1.54. The van der Waals surface area contributed by atoms with Gasteiger partial charge in [0, 0.05) is 10.1 Å². The Hall–Kier alpha value is -0.470. The van der Waals surface area contributed by atoms with Gasteiger partial charge in [0.2, 0.25) is 0 Å². The molecule has 0 bridgehead atoms. The van der Waals surface area contributed by atoms with E-state index in [9.17, 15) is 0 Å². The summed E-state index contributed by atoms with van der Waals surface area (Å²) in [6.45, 7) is 1.13. The zero-order valence-corrected chi connectivity index (χ0v) is 8.73. The molecule has 1 N–H and O–H groups in total. The van der Waals surface area contributed by atoms with Gasteiger partial charge in [-0.2, -0.15) is 0 Å². The molecule has 2 heteroatoms. The van der Waals surface area contributed by atoms with Crippen LogP contribution in [0.25, 0.3) is 0 Å². The second-order valence-electron chi connectivity index (χ2n) is 3.44. The number of fused-ring (bicyclic) bond motifs is 1. The number of thioether (sulfide) groups is 1. The minimum Gasteiger partial charge on any atom is -0.320 e. The predicted octanol–water partition coefficient (Wildman–Crippen LogP) is 2.31. The van der Waals surface area contributed by atoms with Crippen LogP contribution in [-0.2, 0) is 6.42 Å². The molecule has 0 aliphatic carbocycles. The van der Waals surface area contributed by atoms with Crippen molar-refractivity contribution in [3.8, 4) is 0 Å². The van der Waals surface area contributed by atoms with Crippen LogP contribution in [0.2, 0.25) is 0 Å². The lowest BCUT2D eigenvalue weighted by molar-refractivity contribution is 0.696. The van der Waals surface area contributed by atoms with Crippen LogP contribution in [0.5, 0.6) is 0 Å². The predicted molar refractivity (Wildman–Crippen MR) is 58.3 cm³/mol.